The summed E-state index contributed by atoms with van der Waals surface area (Å²) in [7, 11) is 0. The molecule has 1 aliphatic heterocycles. The van der Waals surface area contributed by atoms with Crippen molar-refractivity contribution in [3.05, 3.63) is 76.6 Å². The largest absolute Gasteiger partial charge is 0.341 e. The van der Waals surface area contributed by atoms with Crippen molar-refractivity contribution in [2.24, 2.45) is 0 Å². The Morgan fingerprint density at radius 2 is 1.82 bits per heavy atom. The Kier molecular flexibility index (Phi) is 5.46. The number of fused-ring (bicyclic) bond motifs is 3. The number of benzene rings is 2. The van der Waals surface area contributed by atoms with E-state index in [-0.39, 0.29) is 0 Å². The molecule has 1 aliphatic rings. The lowest BCUT2D eigenvalue weighted by Gasteiger charge is -2.24. The highest BCUT2D eigenvalue weighted by atomic mass is 35.5. The van der Waals surface area contributed by atoms with E-state index in [0.29, 0.717) is 5.02 Å². The minimum absolute atomic E-state index is 0.674. The van der Waals surface area contributed by atoms with Crippen molar-refractivity contribution in [1.82, 2.24) is 24.5 Å². The molecule has 6 rings (SSSR count). The lowest BCUT2D eigenvalue weighted by molar-refractivity contribution is 0.285. The van der Waals surface area contributed by atoms with E-state index in [1.807, 2.05) is 24.3 Å². The number of thiophene rings is 1. The van der Waals surface area contributed by atoms with E-state index in [9.17, 15) is 0 Å². The molecule has 0 aliphatic carbocycles. The Bertz CT molecular complexity index is 1400. The van der Waals surface area contributed by atoms with Crippen LogP contribution in [0, 0.1) is 0 Å². The van der Waals surface area contributed by atoms with Crippen LogP contribution in [0.25, 0.3) is 27.3 Å². The van der Waals surface area contributed by atoms with Gasteiger partial charge in [0.25, 0.3) is 0 Å². The Balaban J connectivity index is 1.40. The third-order valence-corrected chi connectivity index (χ3v) is 7.25. The Labute approximate surface area is 201 Å². The summed E-state index contributed by atoms with van der Waals surface area (Å²) in [5.74, 6) is 1.72. The minimum atomic E-state index is 0.674. The van der Waals surface area contributed by atoms with E-state index in [4.69, 9.17) is 16.6 Å². The SMILES string of the molecule is Clc1ccc2c(c1)nc(N1CCCN(Cc3ccccc3)CC1)n1c(-c3cccs3)nnc21. The van der Waals surface area contributed by atoms with Crippen molar-refractivity contribution in [1.29, 1.82) is 0 Å². The van der Waals surface area contributed by atoms with E-state index < -0.39 is 0 Å². The van der Waals surface area contributed by atoms with Crippen LogP contribution in [0.2, 0.25) is 5.02 Å². The highest BCUT2D eigenvalue weighted by molar-refractivity contribution is 7.13. The Morgan fingerprint density at radius 3 is 2.67 bits per heavy atom. The van der Waals surface area contributed by atoms with Crippen LogP contribution in [-0.4, -0.2) is 50.7 Å². The summed E-state index contributed by atoms with van der Waals surface area (Å²) in [6, 6.07) is 20.6. The van der Waals surface area contributed by atoms with E-state index >= 15 is 0 Å². The van der Waals surface area contributed by atoms with E-state index in [1.165, 1.54) is 5.56 Å². The number of anilines is 1. The van der Waals surface area contributed by atoms with Crippen LogP contribution >= 0.6 is 22.9 Å². The third-order valence-electron chi connectivity index (χ3n) is 6.15. The van der Waals surface area contributed by atoms with Crippen LogP contribution in [0.1, 0.15) is 12.0 Å². The monoisotopic (exact) mass is 474 g/mol. The Morgan fingerprint density at radius 1 is 0.909 bits per heavy atom. The van der Waals surface area contributed by atoms with Gasteiger partial charge in [-0.1, -0.05) is 48.0 Å². The standard InChI is InChI=1S/C25H23ClN6S/c26-19-9-10-20-21(16-19)27-25(32-23(20)28-29-24(32)22-8-4-15-33-22)31-12-5-11-30(13-14-31)17-18-6-2-1-3-7-18/h1-4,6-10,15-16H,5,11-14,17H2. The fourth-order valence-electron chi connectivity index (χ4n) is 4.54. The first-order valence-corrected chi connectivity index (χ1v) is 12.4. The molecule has 0 N–H and O–H groups in total. The second-order valence-electron chi connectivity index (χ2n) is 8.34. The normalized spacial score (nSPS) is 15.4. The molecule has 0 unspecified atom stereocenters. The lowest BCUT2D eigenvalue weighted by atomic mass is 10.2. The molecule has 166 valence electrons. The maximum absolute atomic E-state index is 6.32. The number of halogens is 1. The van der Waals surface area contributed by atoms with Gasteiger partial charge in [-0.25, -0.2) is 9.38 Å². The van der Waals surface area contributed by atoms with Crippen LogP contribution in [0.5, 0.6) is 0 Å². The zero-order valence-electron chi connectivity index (χ0n) is 18.1. The number of rotatable bonds is 4. The lowest BCUT2D eigenvalue weighted by Crippen LogP contribution is -2.32. The van der Waals surface area contributed by atoms with Gasteiger partial charge in [0.1, 0.15) is 0 Å². The molecule has 4 heterocycles. The van der Waals surface area contributed by atoms with Crippen LogP contribution in [-0.2, 0) is 6.54 Å². The third kappa shape index (κ3) is 3.97. The van der Waals surface area contributed by atoms with Gasteiger partial charge in [-0.3, -0.25) is 4.90 Å². The van der Waals surface area contributed by atoms with Crippen molar-refractivity contribution < 1.29 is 0 Å². The molecule has 0 atom stereocenters. The van der Waals surface area contributed by atoms with E-state index in [0.717, 1.165) is 72.3 Å². The number of hydrogen-bond acceptors (Lipinski definition) is 6. The van der Waals surface area contributed by atoms with Gasteiger partial charge in [-0.05, 0) is 41.6 Å². The summed E-state index contributed by atoms with van der Waals surface area (Å²) >= 11 is 7.98. The fraction of sp³-hybridized carbons (Fsp3) is 0.240. The molecule has 0 amide bonds. The first-order chi connectivity index (χ1) is 16.3. The second-order valence-corrected chi connectivity index (χ2v) is 9.72. The van der Waals surface area contributed by atoms with Crippen LogP contribution in [0.15, 0.2) is 66.0 Å². The topological polar surface area (TPSA) is 49.6 Å². The summed E-state index contributed by atoms with van der Waals surface area (Å²) in [6.07, 6.45) is 1.07. The van der Waals surface area contributed by atoms with Gasteiger partial charge in [0.2, 0.25) is 5.95 Å². The molecule has 0 radical (unpaired) electrons. The highest BCUT2D eigenvalue weighted by Crippen LogP contribution is 2.31. The van der Waals surface area contributed by atoms with Gasteiger partial charge >= 0.3 is 0 Å². The van der Waals surface area contributed by atoms with Crippen molar-refractivity contribution in [3.8, 4) is 10.7 Å². The molecular formula is C25H23ClN6S. The summed E-state index contributed by atoms with van der Waals surface area (Å²) in [5, 5.41) is 12.9. The van der Waals surface area contributed by atoms with Crippen molar-refractivity contribution in [2.75, 3.05) is 31.1 Å². The predicted molar refractivity (Wildman–Crippen MR) is 135 cm³/mol. The molecule has 0 bridgehead atoms. The molecule has 5 aromatic rings. The molecule has 2 aromatic carbocycles. The van der Waals surface area contributed by atoms with Crippen LogP contribution < -0.4 is 4.90 Å². The van der Waals surface area contributed by atoms with Gasteiger partial charge in [0.15, 0.2) is 11.5 Å². The summed E-state index contributed by atoms with van der Waals surface area (Å²) in [4.78, 5) is 11.1. The molecule has 33 heavy (non-hydrogen) atoms. The van der Waals surface area contributed by atoms with E-state index in [2.05, 4.69) is 66.2 Å². The predicted octanol–water partition coefficient (Wildman–Crippen LogP) is 5.37. The van der Waals surface area contributed by atoms with Crippen LogP contribution in [0.3, 0.4) is 0 Å². The smallest absolute Gasteiger partial charge is 0.213 e. The van der Waals surface area contributed by atoms with Crippen molar-refractivity contribution in [2.45, 2.75) is 13.0 Å². The number of hydrogen-bond donors (Lipinski definition) is 0. The van der Waals surface area contributed by atoms with Gasteiger partial charge in [-0.15, -0.1) is 21.5 Å². The van der Waals surface area contributed by atoms with E-state index in [1.54, 1.807) is 11.3 Å². The average Bonchev–Trinajstić information content (AvgIpc) is 3.46. The quantitative estimate of drug-likeness (QED) is 0.350. The highest BCUT2D eigenvalue weighted by Gasteiger charge is 2.23. The van der Waals surface area contributed by atoms with Gasteiger partial charge in [0.05, 0.1) is 10.4 Å². The first kappa shape index (κ1) is 20.6. The molecule has 0 spiro atoms. The molecule has 1 fully saturated rings. The first-order valence-electron chi connectivity index (χ1n) is 11.2. The average molecular weight is 475 g/mol. The number of nitrogens with zero attached hydrogens (tertiary/aromatic N) is 6. The van der Waals surface area contributed by atoms with Gasteiger partial charge < -0.3 is 4.90 Å². The van der Waals surface area contributed by atoms with Gasteiger partial charge in [0, 0.05) is 43.1 Å². The maximum atomic E-state index is 6.32. The summed E-state index contributed by atoms with van der Waals surface area (Å²) in [6.45, 7) is 4.83. The summed E-state index contributed by atoms with van der Waals surface area (Å²) < 4.78 is 2.12. The molecule has 6 nitrogen and oxygen atoms in total. The summed E-state index contributed by atoms with van der Waals surface area (Å²) in [5.41, 5.74) is 3.02. The number of aromatic nitrogens is 4. The zero-order chi connectivity index (χ0) is 22.2. The second kappa shape index (κ2) is 8.74. The molecular weight excluding hydrogens is 452 g/mol. The van der Waals surface area contributed by atoms with Crippen LogP contribution in [0.4, 0.5) is 5.95 Å². The molecule has 8 heteroatoms. The zero-order valence-corrected chi connectivity index (χ0v) is 19.6. The maximum Gasteiger partial charge on any atom is 0.213 e. The van der Waals surface area contributed by atoms with Gasteiger partial charge in [-0.2, -0.15) is 0 Å². The Hall–Kier alpha value is -3.00. The van der Waals surface area contributed by atoms with Crippen molar-refractivity contribution in [3.63, 3.8) is 0 Å². The molecule has 3 aromatic heterocycles. The minimum Gasteiger partial charge on any atom is -0.341 e. The fourth-order valence-corrected chi connectivity index (χ4v) is 5.41. The molecule has 1 saturated heterocycles. The molecule has 0 saturated carbocycles. The van der Waals surface area contributed by atoms with Crippen molar-refractivity contribution >= 4 is 45.4 Å².